The van der Waals surface area contributed by atoms with E-state index in [0.717, 1.165) is 56.4 Å². The molecule has 3 nitrogen and oxygen atoms in total. The third kappa shape index (κ3) is 8.81. The van der Waals surface area contributed by atoms with Crippen LogP contribution in [0.15, 0.2) is 114 Å². The average molecular weight is 869 g/mol. The van der Waals surface area contributed by atoms with Gasteiger partial charge in [0.15, 0.2) is 0 Å². The van der Waals surface area contributed by atoms with Gasteiger partial charge in [0.25, 0.3) is 0 Å². The Morgan fingerprint density at radius 1 is 0.804 bits per heavy atom. The van der Waals surface area contributed by atoms with Crippen LogP contribution in [0.3, 0.4) is 0 Å². The molecular weight excluding hydrogens is 824 g/mol. The van der Waals surface area contributed by atoms with Gasteiger partial charge < -0.3 is 14.4 Å². The number of hydrogen-bond acceptors (Lipinski definition) is 3. The smallest absolute Gasteiger partial charge is 0.131 e. The molecule has 1 radical (unpaired) electrons. The molecule has 0 saturated heterocycles. The molecule has 0 amide bonds. The van der Waals surface area contributed by atoms with Gasteiger partial charge in [0.2, 0.25) is 0 Å². The maximum atomic E-state index is 14.2. The summed E-state index contributed by atoms with van der Waals surface area (Å²) >= 11 is 0. The van der Waals surface area contributed by atoms with E-state index in [0.29, 0.717) is 11.5 Å². The minimum absolute atomic E-state index is 0. The largest absolute Gasteiger partial charge is 0.501 e. The van der Waals surface area contributed by atoms with Gasteiger partial charge in [-0.2, -0.15) is 0 Å². The van der Waals surface area contributed by atoms with E-state index >= 15 is 0 Å². The maximum Gasteiger partial charge on any atom is 0.131 e. The summed E-state index contributed by atoms with van der Waals surface area (Å²) in [6.45, 7) is 18.4. The molecule has 6 heteroatoms. The summed E-state index contributed by atoms with van der Waals surface area (Å²) in [5.41, 5.74) is 9.60. The van der Waals surface area contributed by atoms with Crippen molar-refractivity contribution in [2.45, 2.75) is 66.6 Å². The van der Waals surface area contributed by atoms with E-state index in [-0.39, 0.29) is 31.3 Å². The second-order valence-electron chi connectivity index (χ2n) is 15.5. The Hall–Kier alpha value is -4.22. The van der Waals surface area contributed by atoms with Gasteiger partial charge in [-0.3, -0.25) is 0 Å². The number of hydrogen-bond donors (Lipinski definition) is 0. The maximum absolute atomic E-state index is 14.2. The summed E-state index contributed by atoms with van der Waals surface area (Å²) in [7, 11) is -1.37. The Labute approximate surface area is 316 Å². The molecule has 3 heterocycles. The van der Waals surface area contributed by atoms with Gasteiger partial charge in [-0.1, -0.05) is 119 Å². The van der Waals surface area contributed by atoms with Crippen LogP contribution in [-0.4, -0.2) is 18.0 Å². The molecule has 0 aliphatic rings. The first-order valence-corrected chi connectivity index (χ1v) is 20.8. The van der Waals surface area contributed by atoms with E-state index in [1.807, 2.05) is 66.9 Å². The molecule has 0 fully saturated rings. The molecule has 0 unspecified atom stereocenters. The van der Waals surface area contributed by atoms with Crippen LogP contribution in [0.25, 0.3) is 55.6 Å². The van der Waals surface area contributed by atoms with Gasteiger partial charge in [-0.05, 0) is 58.1 Å². The molecule has 3 aromatic heterocycles. The molecule has 0 spiro atoms. The second-order valence-corrected chi connectivity index (χ2v) is 20.5. The molecule has 0 N–H and O–H groups in total. The SMILES string of the molecule is CC(C)(C)Cc1cc(-c2[c-]cccc2)ncc1[Si](C)(C)C.CC(C)c1ccnc(-c2[c-]ccc3c2oc2cc(-c4ccccc4F)ccc23)c1.[Ir]. The second kappa shape index (κ2) is 15.6. The van der Waals surface area contributed by atoms with Gasteiger partial charge in [-0.15, -0.1) is 54.1 Å². The average Bonchev–Trinajstić information content (AvgIpc) is 3.46. The summed E-state index contributed by atoms with van der Waals surface area (Å²) in [6.07, 6.45) is 5.04. The Balaban J connectivity index is 0.000000205. The molecule has 0 atom stereocenters. The van der Waals surface area contributed by atoms with Crippen molar-refractivity contribution in [3.05, 3.63) is 139 Å². The Morgan fingerprint density at radius 3 is 2.25 bits per heavy atom. The van der Waals surface area contributed by atoms with Crippen LogP contribution >= 0.6 is 0 Å². The zero-order chi connectivity index (χ0) is 35.6. The van der Waals surface area contributed by atoms with Crippen LogP contribution in [0.5, 0.6) is 0 Å². The van der Waals surface area contributed by atoms with Crippen molar-refractivity contribution in [3.8, 4) is 33.6 Å². The molecule has 0 aliphatic heterocycles. The van der Waals surface area contributed by atoms with Crippen LogP contribution in [-0.2, 0) is 26.5 Å². The number of furan rings is 1. The number of halogens is 1. The van der Waals surface area contributed by atoms with Gasteiger partial charge in [-0.25, -0.2) is 4.39 Å². The third-order valence-corrected chi connectivity index (χ3v) is 10.9. The monoisotopic (exact) mass is 869 g/mol. The minimum atomic E-state index is -1.37. The topological polar surface area (TPSA) is 38.9 Å². The fourth-order valence-electron chi connectivity index (χ4n) is 6.33. The molecule has 51 heavy (non-hydrogen) atoms. The van der Waals surface area contributed by atoms with Gasteiger partial charge in [0.1, 0.15) is 11.4 Å². The summed E-state index contributed by atoms with van der Waals surface area (Å²) in [5, 5.41) is 3.48. The molecule has 263 valence electrons. The van der Waals surface area contributed by atoms with Crippen molar-refractivity contribution in [2.75, 3.05) is 0 Å². The fourth-order valence-corrected chi connectivity index (χ4v) is 7.90. The first-order valence-electron chi connectivity index (χ1n) is 17.3. The van der Waals surface area contributed by atoms with Gasteiger partial charge >= 0.3 is 0 Å². The number of pyridine rings is 2. The van der Waals surface area contributed by atoms with Crippen LogP contribution in [0.2, 0.25) is 19.6 Å². The molecule has 0 bridgehead atoms. The first-order chi connectivity index (χ1) is 23.8. The zero-order valence-corrected chi connectivity index (χ0v) is 34.1. The standard InChI is InChI=1S/C26H19FNO.C19H26NSi.Ir/c1-16(2)17-12-13-28-24(14-17)22-8-5-7-21-20-11-10-18(15-25(20)29-26(21)22)19-6-3-4-9-23(19)27;1-19(2,3)13-16-12-17(15-10-8-7-9-11-15)20-14-18(16)21(4,5)6;/h3-7,9-16H,1-2H3;7-10,12,14H,13H2,1-6H3;/q2*-1;. The quantitative estimate of drug-likeness (QED) is 0.123. The Bertz CT molecular complexity index is 2270. The van der Waals surface area contributed by atoms with Crippen LogP contribution in [0.4, 0.5) is 4.39 Å². The van der Waals surface area contributed by atoms with Crippen LogP contribution < -0.4 is 5.19 Å². The van der Waals surface area contributed by atoms with E-state index < -0.39 is 8.07 Å². The first kappa shape index (κ1) is 38.0. The Morgan fingerprint density at radius 2 is 1.57 bits per heavy atom. The van der Waals surface area contributed by atoms with E-state index in [4.69, 9.17) is 9.40 Å². The zero-order valence-electron chi connectivity index (χ0n) is 30.7. The van der Waals surface area contributed by atoms with Gasteiger partial charge in [0, 0.05) is 43.4 Å². The minimum Gasteiger partial charge on any atom is -0.501 e. The summed E-state index contributed by atoms with van der Waals surface area (Å²) in [6, 6.07) is 37.6. The van der Waals surface area contributed by atoms with E-state index in [1.165, 1.54) is 22.4 Å². The molecule has 7 rings (SSSR count). The van der Waals surface area contributed by atoms with Crippen molar-refractivity contribution in [2.24, 2.45) is 5.41 Å². The third-order valence-electron chi connectivity index (χ3n) is 8.83. The predicted molar refractivity (Wildman–Crippen MR) is 210 cm³/mol. The van der Waals surface area contributed by atoms with E-state index in [9.17, 15) is 4.39 Å². The van der Waals surface area contributed by atoms with Crippen molar-refractivity contribution in [1.82, 2.24) is 9.97 Å². The molecule has 0 aliphatic carbocycles. The molecular formula is C45H45FIrN2OSi-2. The van der Waals surface area contributed by atoms with Crippen molar-refractivity contribution >= 4 is 35.2 Å². The fraction of sp³-hybridized carbons (Fsp3) is 0.244. The van der Waals surface area contributed by atoms with Crippen molar-refractivity contribution in [3.63, 3.8) is 0 Å². The number of rotatable bonds is 6. The van der Waals surface area contributed by atoms with E-state index in [2.05, 4.69) is 95.8 Å². The van der Waals surface area contributed by atoms with Gasteiger partial charge in [0.05, 0.1) is 13.7 Å². The van der Waals surface area contributed by atoms with Crippen LogP contribution in [0.1, 0.15) is 51.7 Å². The predicted octanol–water partition coefficient (Wildman–Crippen LogP) is 12.1. The summed E-state index contributed by atoms with van der Waals surface area (Å²) in [5.74, 6) is 0.168. The van der Waals surface area contributed by atoms with Crippen molar-refractivity contribution in [1.29, 1.82) is 0 Å². The van der Waals surface area contributed by atoms with Crippen molar-refractivity contribution < 1.29 is 28.9 Å². The van der Waals surface area contributed by atoms with Crippen LogP contribution in [0, 0.1) is 23.4 Å². The Kier molecular flexibility index (Phi) is 11.6. The number of fused-ring (bicyclic) bond motifs is 3. The molecule has 7 aromatic rings. The number of aromatic nitrogens is 2. The van der Waals surface area contributed by atoms with E-state index in [1.54, 1.807) is 12.1 Å². The molecule has 4 aromatic carbocycles. The number of benzene rings is 4. The normalized spacial score (nSPS) is 11.7. The molecule has 0 saturated carbocycles. The summed E-state index contributed by atoms with van der Waals surface area (Å²) in [4.78, 5) is 9.26. The number of nitrogens with zero attached hydrogens (tertiary/aromatic N) is 2. The summed E-state index contributed by atoms with van der Waals surface area (Å²) < 4.78 is 20.5.